The van der Waals surface area contributed by atoms with Crippen LogP contribution in [0.1, 0.15) is 52.9 Å². The highest BCUT2D eigenvalue weighted by Gasteiger charge is 2.21. The maximum atomic E-state index is 13.0. The average Bonchev–Trinajstić information content (AvgIpc) is 2.96. The Morgan fingerprint density at radius 3 is 2.52 bits per heavy atom. The third-order valence-corrected chi connectivity index (χ3v) is 5.75. The SMILES string of the molecule is CC(=O)c1c(C)[nH]c(C(=O)CSc2nc3ccccc3c(=O)n2CC(C)C)c1C. The summed E-state index contributed by atoms with van der Waals surface area (Å²) in [4.78, 5) is 45.3. The van der Waals surface area contributed by atoms with Crippen LogP contribution in [0.15, 0.2) is 34.2 Å². The summed E-state index contributed by atoms with van der Waals surface area (Å²) in [5.74, 6) is 0.199. The Morgan fingerprint density at radius 1 is 1.21 bits per heavy atom. The summed E-state index contributed by atoms with van der Waals surface area (Å²) < 4.78 is 1.65. The Morgan fingerprint density at radius 2 is 1.90 bits per heavy atom. The fourth-order valence-corrected chi connectivity index (χ4v) is 4.42. The number of aromatic amines is 1. The molecule has 152 valence electrons. The third kappa shape index (κ3) is 4.19. The van der Waals surface area contributed by atoms with Gasteiger partial charge in [-0.1, -0.05) is 37.7 Å². The second kappa shape index (κ2) is 8.37. The lowest BCUT2D eigenvalue weighted by atomic mass is 10.1. The van der Waals surface area contributed by atoms with E-state index in [0.29, 0.717) is 45.1 Å². The number of benzene rings is 1. The molecule has 0 aliphatic carbocycles. The molecule has 3 aromatic rings. The van der Waals surface area contributed by atoms with Crippen LogP contribution in [0.25, 0.3) is 10.9 Å². The van der Waals surface area contributed by atoms with Gasteiger partial charge >= 0.3 is 0 Å². The topological polar surface area (TPSA) is 84.8 Å². The molecule has 0 radical (unpaired) electrons. The molecule has 0 atom stereocenters. The normalized spacial score (nSPS) is 11.4. The van der Waals surface area contributed by atoms with Crippen LogP contribution in [0.5, 0.6) is 0 Å². The number of H-pyrrole nitrogens is 1. The lowest BCUT2D eigenvalue weighted by molar-refractivity contribution is 0.101. The summed E-state index contributed by atoms with van der Waals surface area (Å²) in [6, 6.07) is 7.25. The van der Waals surface area contributed by atoms with Crippen molar-refractivity contribution in [2.45, 2.75) is 46.3 Å². The first kappa shape index (κ1) is 21.0. The third-order valence-electron chi connectivity index (χ3n) is 4.78. The van der Waals surface area contributed by atoms with Crippen LogP contribution in [0.4, 0.5) is 0 Å². The number of aromatic nitrogens is 3. The Hall–Kier alpha value is -2.67. The van der Waals surface area contributed by atoms with Gasteiger partial charge < -0.3 is 4.98 Å². The van der Waals surface area contributed by atoms with E-state index in [4.69, 9.17) is 0 Å². The van der Waals surface area contributed by atoms with Gasteiger partial charge in [-0.05, 0) is 44.4 Å². The standard InChI is InChI=1S/C22H25N3O3S/c1-12(2)10-25-21(28)16-8-6-7-9-17(16)24-22(25)29-11-18(27)20-13(3)19(15(5)26)14(4)23-20/h6-9,12,23H,10-11H2,1-5H3. The van der Waals surface area contributed by atoms with Gasteiger partial charge in [0.05, 0.1) is 22.3 Å². The van der Waals surface area contributed by atoms with Gasteiger partial charge in [0.15, 0.2) is 16.7 Å². The molecule has 0 saturated carbocycles. The van der Waals surface area contributed by atoms with Gasteiger partial charge in [0.2, 0.25) is 0 Å². The number of ketones is 2. The van der Waals surface area contributed by atoms with Crippen molar-refractivity contribution in [2.75, 3.05) is 5.75 Å². The Kier molecular flexibility index (Phi) is 6.07. The van der Waals surface area contributed by atoms with Crippen LogP contribution in [0.3, 0.4) is 0 Å². The van der Waals surface area contributed by atoms with Crippen LogP contribution >= 0.6 is 11.8 Å². The number of hydrogen-bond acceptors (Lipinski definition) is 5. The van der Waals surface area contributed by atoms with Crippen molar-refractivity contribution in [3.63, 3.8) is 0 Å². The Balaban J connectivity index is 1.94. The van der Waals surface area contributed by atoms with Gasteiger partial charge in [-0.15, -0.1) is 0 Å². The molecule has 0 aliphatic rings. The number of nitrogens with one attached hydrogen (secondary N) is 1. The van der Waals surface area contributed by atoms with Crippen LogP contribution in [0, 0.1) is 19.8 Å². The predicted octanol–water partition coefficient (Wildman–Crippen LogP) is 4.18. The Labute approximate surface area is 173 Å². The van der Waals surface area contributed by atoms with Crippen molar-refractivity contribution in [1.82, 2.24) is 14.5 Å². The lowest BCUT2D eigenvalue weighted by Gasteiger charge is -2.14. The molecule has 7 heteroatoms. The van der Waals surface area contributed by atoms with E-state index in [2.05, 4.69) is 9.97 Å². The maximum absolute atomic E-state index is 13.0. The molecular weight excluding hydrogens is 386 g/mol. The quantitative estimate of drug-likeness (QED) is 0.358. The number of carbonyl (C=O) groups is 2. The summed E-state index contributed by atoms with van der Waals surface area (Å²) in [6.45, 7) is 9.67. The molecule has 1 aromatic carbocycles. The van der Waals surface area contributed by atoms with Crippen LogP contribution in [-0.2, 0) is 6.54 Å². The smallest absolute Gasteiger partial charge is 0.262 e. The molecule has 29 heavy (non-hydrogen) atoms. The zero-order valence-corrected chi connectivity index (χ0v) is 18.1. The zero-order valence-electron chi connectivity index (χ0n) is 17.3. The average molecular weight is 412 g/mol. The largest absolute Gasteiger partial charge is 0.355 e. The van der Waals surface area contributed by atoms with Crippen molar-refractivity contribution in [3.05, 3.63) is 57.1 Å². The van der Waals surface area contributed by atoms with E-state index in [1.54, 1.807) is 30.5 Å². The van der Waals surface area contributed by atoms with Gasteiger partial charge in [0.25, 0.3) is 5.56 Å². The molecule has 0 amide bonds. The number of nitrogens with zero attached hydrogens (tertiary/aromatic N) is 2. The molecular formula is C22H25N3O3S. The molecule has 0 unspecified atom stereocenters. The molecule has 0 fully saturated rings. The molecule has 0 bridgehead atoms. The first-order chi connectivity index (χ1) is 13.7. The van der Waals surface area contributed by atoms with E-state index in [1.165, 1.54) is 18.7 Å². The van der Waals surface area contributed by atoms with E-state index < -0.39 is 0 Å². The summed E-state index contributed by atoms with van der Waals surface area (Å²) in [5, 5.41) is 1.11. The number of Topliss-reactive ketones (excluding diaryl/α,β-unsaturated/α-hetero) is 2. The summed E-state index contributed by atoms with van der Waals surface area (Å²) >= 11 is 1.25. The lowest BCUT2D eigenvalue weighted by Crippen LogP contribution is -2.25. The van der Waals surface area contributed by atoms with Crippen LogP contribution < -0.4 is 5.56 Å². The van der Waals surface area contributed by atoms with Gasteiger partial charge in [0.1, 0.15) is 0 Å². The summed E-state index contributed by atoms with van der Waals surface area (Å²) in [5.41, 5.74) is 2.91. The molecule has 2 aromatic heterocycles. The predicted molar refractivity (Wildman–Crippen MR) is 116 cm³/mol. The monoisotopic (exact) mass is 411 g/mol. The molecule has 6 nitrogen and oxygen atoms in total. The van der Waals surface area contributed by atoms with Crippen molar-refractivity contribution in [2.24, 2.45) is 5.92 Å². The molecule has 2 heterocycles. The van der Waals surface area contributed by atoms with Crippen LogP contribution in [-0.4, -0.2) is 31.9 Å². The van der Waals surface area contributed by atoms with E-state index in [9.17, 15) is 14.4 Å². The van der Waals surface area contributed by atoms with Gasteiger partial charge in [-0.3, -0.25) is 19.0 Å². The summed E-state index contributed by atoms with van der Waals surface area (Å²) in [6.07, 6.45) is 0. The molecule has 1 N–H and O–H groups in total. The highest BCUT2D eigenvalue weighted by Crippen LogP contribution is 2.23. The molecule has 3 rings (SSSR count). The minimum atomic E-state index is -0.124. The van der Waals surface area contributed by atoms with Gasteiger partial charge in [-0.25, -0.2) is 4.98 Å². The maximum Gasteiger partial charge on any atom is 0.262 e. The second-order valence-corrected chi connectivity index (χ2v) is 8.56. The first-order valence-corrected chi connectivity index (χ1v) is 10.5. The van der Waals surface area contributed by atoms with E-state index in [1.807, 2.05) is 26.0 Å². The van der Waals surface area contributed by atoms with E-state index in [0.717, 1.165) is 0 Å². The van der Waals surface area contributed by atoms with Crippen molar-refractivity contribution >= 4 is 34.2 Å². The number of rotatable bonds is 7. The second-order valence-electron chi connectivity index (χ2n) is 7.61. The highest BCUT2D eigenvalue weighted by molar-refractivity contribution is 7.99. The van der Waals surface area contributed by atoms with Crippen molar-refractivity contribution in [3.8, 4) is 0 Å². The van der Waals surface area contributed by atoms with Gasteiger partial charge in [-0.2, -0.15) is 0 Å². The van der Waals surface area contributed by atoms with Gasteiger partial charge in [0, 0.05) is 17.8 Å². The minimum absolute atomic E-state index is 0.0649. The number of fused-ring (bicyclic) bond motifs is 1. The molecule has 0 aliphatic heterocycles. The van der Waals surface area contributed by atoms with Crippen LogP contribution in [0.2, 0.25) is 0 Å². The fourth-order valence-electron chi connectivity index (χ4n) is 3.54. The summed E-state index contributed by atoms with van der Waals surface area (Å²) in [7, 11) is 0. The van der Waals surface area contributed by atoms with E-state index >= 15 is 0 Å². The first-order valence-electron chi connectivity index (χ1n) is 9.56. The van der Waals surface area contributed by atoms with E-state index in [-0.39, 0.29) is 28.8 Å². The minimum Gasteiger partial charge on any atom is -0.355 e. The number of para-hydroxylation sites is 1. The Bertz CT molecular complexity index is 1160. The zero-order chi connectivity index (χ0) is 21.3. The highest BCUT2D eigenvalue weighted by atomic mass is 32.2. The van der Waals surface area contributed by atoms with Crippen molar-refractivity contribution < 1.29 is 9.59 Å². The molecule has 0 spiro atoms. The fraction of sp³-hybridized carbons (Fsp3) is 0.364. The van der Waals surface area contributed by atoms with Crippen molar-refractivity contribution in [1.29, 1.82) is 0 Å². The number of hydrogen-bond donors (Lipinski definition) is 1. The number of aryl methyl sites for hydroxylation is 1. The molecule has 0 saturated heterocycles. The number of thioether (sulfide) groups is 1. The number of carbonyl (C=O) groups excluding carboxylic acids is 2.